The molecule has 2 aromatic carbocycles. The summed E-state index contributed by atoms with van der Waals surface area (Å²) in [7, 11) is 0. The first-order chi connectivity index (χ1) is 13.5. The lowest BCUT2D eigenvalue weighted by Gasteiger charge is -2.27. The number of likely N-dealkylation sites (tertiary alicyclic amines) is 2. The minimum absolute atomic E-state index is 0.0482. The molecule has 4 rings (SSSR count). The quantitative estimate of drug-likeness (QED) is 0.862. The highest BCUT2D eigenvalue weighted by Crippen LogP contribution is 2.27. The smallest absolute Gasteiger partial charge is 0.229 e. The Kier molecular flexibility index (Phi) is 5.31. The molecule has 0 spiro atoms. The zero-order valence-electron chi connectivity index (χ0n) is 16.2. The molecule has 2 fully saturated rings. The maximum absolute atomic E-state index is 13.6. The number of nitrogens with one attached hydrogen (secondary N) is 1. The third-order valence-corrected chi connectivity index (χ3v) is 6.02. The first kappa shape index (κ1) is 18.9. The molecule has 2 heterocycles. The number of benzene rings is 2. The summed E-state index contributed by atoms with van der Waals surface area (Å²) in [4.78, 5) is 29.5. The predicted molar refractivity (Wildman–Crippen MR) is 107 cm³/mol. The fourth-order valence-corrected chi connectivity index (χ4v) is 4.49. The first-order valence-electron chi connectivity index (χ1n) is 10.1. The van der Waals surface area contributed by atoms with Crippen molar-refractivity contribution in [3.05, 3.63) is 42.2 Å². The van der Waals surface area contributed by atoms with E-state index in [2.05, 4.69) is 17.1 Å². The Morgan fingerprint density at radius 2 is 2.14 bits per heavy atom. The van der Waals surface area contributed by atoms with Crippen LogP contribution in [0.1, 0.15) is 26.2 Å². The Balaban J connectivity index is 1.43. The van der Waals surface area contributed by atoms with Crippen LogP contribution in [0.15, 0.2) is 36.4 Å². The van der Waals surface area contributed by atoms with Gasteiger partial charge in [-0.25, -0.2) is 4.39 Å². The molecule has 2 atom stereocenters. The van der Waals surface area contributed by atoms with Crippen LogP contribution in [0.2, 0.25) is 0 Å². The second-order valence-electron chi connectivity index (χ2n) is 7.78. The van der Waals surface area contributed by atoms with Gasteiger partial charge in [0.25, 0.3) is 0 Å². The number of halogens is 1. The van der Waals surface area contributed by atoms with E-state index in [1.807, 2.05) is 17.0 Å². The Labute approximate surface area is 164 Å². The van der Waals surface area contributed by atoms with Gasteiger partial charge in [-0.2, -0.15) is 0 Å². The zero-order chi connectivity index (χ0) is 19.7. The molecule has 0 aliphatic carbocycles. The van der Waals surface area contributed by atoms with E-state index in [0.29, 0.717) is 30.2 Å². The van der Waals surface area contributed by atoms with E-state index in [-0.39, 0.29) is 30.0 Å². The Hall–Kier alpha value is -2.47. The van der Waals surface area contributed by atoms with Crippen LogP contribution in [0.25, 0.3) is 10.8 Å². The number of nitrogens with zero attached hydrogens (tertiary/aromatic N) is 2. The maximum atomic E-state index is 13.6. The monoisotopic (exact) mass is 383 g/mol. The number of anilines is 1. The third-order valence-electron chi connectivity index (χ3n) is 6.02. The molecule has 6 heteroatoms. The number of hydrogen-bond donors (Lipinski definition) is 1. The van der Waals surface area contributed by atoms with Gasteiger partial charge in [-0.15, -0.1) is 0 Å². The summed E-state index contributed by atoms with van der Waals surface area (Å²) in [6.07, 6.45) is 2.52. The van der Waals surface area contributed by atoms with Crippen LogP contribution in [0.3, 0.4) is 0 Å². The van der Waals surface area contributed by atoms with Gasteiger partial charge in [0, 0.05) is 36.6 Å². The molecule has 2 amide bonds. The van der Waals surface area contributed by atoms with Crippen molar-refractivity contribution >= 4 is 28.3 Å². The van der Waals surface area contributed by atoms with Crippen molar-refractivity contribution in [1.82, 2.24) is 9.80 Å². The van der Waals surface area contributed by atoms with E-state index in [4.69, 9.17) is 0 Å². The molecule has 5 nitrogen and oxygen atoms in total. The van der Waals surface area contributed by atoms with Crippen LogP contribution in [-0.2, 0) is 9.59 Å². The molecule has 2 unspecified atom stereocenters. The summed E-state index contributed by atoms with van der Waals surface area (Å²) in [5.74, 6) is -0.834. The van der Waals surface area contributed by atoms with Gasteiger partial charge < -0.3 is 10.2 Å². The zero-order valence-corrected chi connectivity index (χ0v) is 16.2. The van der Waals surface area contributed by atoms with Gasteiger partial charge in [-0.05, 0) is 49.5 Å². The van der Waals surface area contributed by atoms with Gasteiger partial charge in [0.1, 0.15) is 5.82 Å². The highest BCUT2D eigenvalue weighted by atomic mass is 19.1. The molecule has 0 saturated carbocycles. The fourth-order valence-electron chi connectivity index (χ4n) is 4.49. The highest BCUT2D eigenvalue weighted by Gasteiger charge is 2.37. The number of carbonyl (C=O) groups excluding carboxylic acids is 2. The number of likely N-dealkylation sites (N-methyl/N-ethyl adjacent to an activating group) is 1. The lowest BCUT2D eigenvalue weighted by atomic mass is 10.1. The lowest BCUT2D eigenvalue weighted by Crippen LogP contribution is -2.41. The third kappa shape index (κ3) is 3.74. The molecular weight excluding hydrogens is 357 g/mol. The second-order valence-corrected chi connectivity index (χ2v) is 7.78. The summed E-state index contributed by atoms with van der Waals surface area (Å²) < 4.78 is 13.6. The molecular formula is C22H26FN3O2. The van der Waals surface area contributed by atoms with Gasteiger partial charge in [0.15, 0.2) is 0 Å². The van der Waals surface area contributed by atoms with Crippen molar-refractivity contribution in [1.29, 1.82) is 0 Å². The van der Waals surface area contributed by atoms with Crippen molar-refractivity contribution in [3.63, 3.8) is 0 Å². The Bertz CT molecular complexity index is 900. The number of amides is 2. The summed E-state index contributed by atoms with van der Waals surface area (Å²) >= 11 is 0. The van der Waals surface area contributed by atoms with Crippen molar-refractivity contribution in [2.24, 2.45) is 5.92 Å². The molecule has 0 aromatic heterocycles. The van der Waals surface area contributed by atoms with Crippen LogP contribution in [-0.4, -0.2) is 53.8 Å². The summed E-state index contributed by atoms with van der Waals surface area (Å²) in [5.41, 5.74) is 0.584. The molecule has 2 aliphatic heterocycles. The normalized spacial score (nSPS) is 22.9. The van der Waals surface area contributed by atoms with Crippen molar-refractivity contribution in [2.75, 3.05) is 31.5 Å². The van der Waals surface area contributed by atoms with E-state index in [0.717, 1.165) is 24.9 Å². The van der Waals surface area contributed by atoms with Gasteiger partial charge in [0.05, 0.1) is 5.92 Å². The first-order valence-corrected chi connectivity index (χ1v) is 10.1. The minimum atomic E-state index is -0.368. The number of carbonyl (C=O) groups is 2. The van der Waals surface area contributed by atoms with Crippen LogP contribution in [0.5, 0.6) is 0 Å². The standard InChI is InChI=1S/C22H26FN3O2/c1-2-25-10-4-6-18(25)14-26-13-16(11-21(26)27)22(28)24-20-7-3-5-15-8-9-17(23)12-19(15)20/h3,5,7-9,12,16,18H,2,4,6,10-11,13-14H2,1H3,(H,24,28). The number of fused-ring (bicyclic) bond motifs is 1. The van der Waals surface area contributed by atoms with Gasteiger partial charge in [0.2, 0.25) is 11.8 Å². The van der Waals surface area contributed by atoms with Crippen LogP contribution in [0, 0.1) is 11.7 Å². The van der Waals surface area contributed by atoms with Crippen LogP contribution >= 0.6 is 0 Å². The van der Waals surface area contributed by atoms with Crippen molar-refractivity contribution < 1.29 is 14.0 Å². The molecule has 0 radical (unpaired) electrons. The minimum Gasteiger partial charge on any atom is -0.340 e. The van der Waals surface area contributed by atoms with Crippen molar-refractivity contribution in [3.8, 4) is 0 Å². The van der Waals surface area contributed by atoms with E-state index < -0.39 is 0 Å². The topological polar surface area (TPSA) is 52.6 Å². The van der Waals surface area contributed by atoms with Crippen LogP contribution in [0.4, 0.5) is 10.1 Å². The molecule has 2 aliphatic rings. The largest absolute Gasteiger partial charge is 0.340 e. The second kappa shape index (κ2) is 7.87. The number of rotatable bonds is 5. The molecule has 148 valence electrons. The number of hydrogen-bond acceptors (Lipinski definition) is 3. The Morgan fingerprint density at radius 1 is 1.29 bits per heavy atom. The van der Waals surface area contributed by atoms with Crippen molar-refractivity contribution in [2.45, 2.75) is 32.2 Å². The van der Waals surface area contributed by atoms with E-state index in [9.17, 15) is 14.0 Å². The van der Waals surface area contributed by atoms with Gasteiger partial charge >= 0.3 is 0 Å². The molecule has 2 aromatic rings. The summed E-state index contributed by atoms with van der Waals surface area (Å²) in [6.45, 7) is 5.39. The summed E-state index contributed by atoms with van der Waals surface area (Å²) in [5, 5.41) is 4.45. The summed E-state index contributed by atoms with van der Waals surface area (Å²) in [6, 6.07) is 10.4. The molecule has 0 bridgehead atoms. The highest BCUT2D eigenvalue weighted by molar-refractivity contribution is 6.04. The lowest BCUT2D eigenvalue weighted by molar-refractivity contribution is -0.128. The molecule has 2 saturated heterocycles. The average molecular weight is 383 g/mol. The Morgan fingerprint density at radius 3 is 2.96 bits per heavy atom. The molecule has 1 N–H and O–H groups in total. The SMILES string of the molecule is CCN1CCCC1CN1CC(C(=O)Nc2cccc3ccc(F)cc23)CC1=O. The van der Waals surface area contributed by atoms with E-state index >= 15 is 0 Å². The fraction of sp³-hybridized carbons (Fsp3) is 0.455. The maximum Gasteiger partial charge on any atom is 0.229 e. The molecule has 28 heavy (non-hydrogen) atoms. The van der Waals surface area contributed by atoms with E-state index in [1.54, 1.807) is 12.1 Å². The van der Waals surface area contributed by atoms with E-state index in [1.165, 1.54) is 18.6 Å². The average Bonchev–Trinajstić information content (AvgIpc) is 3.29. The predicted octanol–water partition coefficient (Wildman–Crippen LogP) is 3.25. The van der Waals surface area contributed by atoms with Crippen LogP contribution < -0.4 is 5.32 Å². The van der Waals surface area contributed by atoms with Gasteiger partial charge in [-0.3, -0.25) is 14.5 Å². The van der Waals surface area contributed by atoms with Gasteiger partial charge in [-0.1, -0.05) is 25.1 Å².